The van der Waals surface area contributed by atoms with Crippen molar-refractivity contribution in [3.05, 3.63) is 156 Å². The van der Waals surface area contributed by atoms with Crippen LogP contribution in [0.1, 0.15) is 89.9 Å². The van der Waals surface area contributed by atoms with Crippen molar-refractivity contribution in [1.29, 1.82) is 0 Å². The van der Waals surface area contributed by atoms with Crippen LogP contribution in [0.4, 0.5) is 10.5 Å². The fraction of sp³-hybridized carbons (Fsp3) is 0.352. The number of ether oxygens (including phenoxy) is 1. The zero-order valence-corrected chi connectivity index (χ0v) is 43.4. The molecule has 0 radical (unpaired) electrons. The molecular weight excluding hydrogens is 1030 g/mol. The molecule has 7 N–H and O–H groups in total. The average molecular weight is 1090 g/mol. The highest BCUT2D eigenvalue weighted by Crippen LogP contribution is 2.46. The van der Waals surface area contributed by atoms with Crippen molar-refractivity contribution in [2.75, 3.05) is 18.4 Å². The summed E-state index contributed by atoms with van der Waals surface area (Å²) in [7, 11) is 0. The summed E-state index contributed by atoms with van der Waals surface area (Å²) in [6.45, 7) is 1.49. The Morgan fingerprint density at radius 2 is 0.945 bits per heavy atom. The maximum absolute atomic E-state index is 13.4. The van der Waals surface area contributed by atoms with Crippen LogP contribution in [0.3, 0.4) is 0 Å². The molecule has 4 fully saturated rings. The summed E-state index contributed by atoms with van der Waals surface area (Å²) in [5.74, 6) is -0.864. The quantitative estimate of drug-likeness (QED) is 0.0673. The van der Waals surface area contributed by atoms with Gasteiger partial charge in [0, 0.05) is 85.6 Å². The predicted molar refractivity (Wildman–Crippen MR) is 285 cm³/mol. The Kier molecular flexibility index (Phi) is 16.7. The lowest BCUT2D eigenvalue weighted by molar-refractivity contribution is -0.127. The second-order valence-corrected chi connectivity index (χ2v) is 21.5. The van der Waals surface area contributed by atoms with Gasteiger partial charge < -0.3 is 37.1 Å². The van der Waals surface area contributed by atoms with Gasteiger partial charge in [-0.05, 0) is 141 Å². The van der Waals surface area contributed by atoms with E-state index in [0.717, 1.165) is 74.5 Å². The van der Waals surface area contributed by atoms with Gasteiger partial charge in [0.25, 0.3) is 5.91 Å². The van der Waals surface area contributed by atoms with Gasteiger partial charge in [0.05, 0.1) is 30.3 Å². The van der Waals surface area contributed by atoms with Crippen LogP contribution in [0.15, 0.2) is 103 Å². The fourth-order valence-corrected chi connectivity index (χ4v) is 12.0. The van der Waals surface area contributed by atoms with Crippen molar-refractivity contribution < 1.29 is 28.7 Å². The molecule has 4 bridgehead atoms. The van der Waals surface area contributed by atoms with E-state index in [1.54, 1.807) is 36.4 Å². The summed E-state index contributed by atoms with van der Waals surface area (Å²) in [5, 5.41) is 16.8. The molecule has 382 valence electrons. The summed E-state index contributed by atoms with van der Waals surface area (Å²) >= 11 is 30.5. The first-order chi connectivity index (χ1) is 35.1. The maximum atomic E-state index is 13.4. The topological polar surface area (TPSA) is 187 Å². The summed E-state index contributed by atoms with van der Waals surface area (Å²) in [4.78, 5) is 67.8. The number of urea groups is 1. The number of carbonyl (C=O) groups excluding carboxylic acids is 5. The van der Waals surface area contributed by atoms with Crippen LogP contribution < -0.4 is 37.1 Å². The summed E-state index contributed by atoms with van der Waals surface area (Å²) in [5.41, 5.74) is 9.27. The van der Waals surface area contributed by atoms with Crippen LogP contribution in [0, 0.1) is 0 Å². The molecule has 5 aromatic carbocycles. The molecule has 4 atom stereocenters. The number of nitrogens with two attached hydrogens (primary N) is 1. The molecule has 14 nitrogen and oxygen atoms in total. The molecule has 19 heteroatoms. The van der Waals surface area contributed by atoms with Gasteiger partial charge >= 0.3 is 6.03 Å². The van der Waals surface area contributed by atoms with Crippen LogP contribution in [0.5, 0.6) is 11.5 Å². The Morgan fingerprint density at radius 3 is 1.40 bits per heavy atom. The highest BCUT2D eigenvalue weighted by atomic mass is 35.5. The van der Waals surface area contributed by atoms with Gasteiger partial charge in [-0.15, -0.1) is 0 Å². The van der Waals surface area contributed by atoms with Crippen molar-refractivity contribution in [1.82, 2.24) is 31.1 Å². The third-order valence-electron chi connectivity index (χ3n) is 14.4. The molecular formula is C54H55Cl5N8O6. The normalized spacial score (nSPS) is 21.8. The number of fused-ring (bicyclic) bond motifs is 6. The number of piperidine rings is 2. The Hall–Kier alpha value is -5.58. The summed E-state index contributed by atoms with van der Waals surface area (Å²) in [6.07, 6.45) is 8.07. The predicted octanol–water partition coefficient (Wildman–Crippen LogP) is 9.84. The lowest BCUT2D eigenvalue weighted by atomic mass is 9.87. The number of anilines is 1. The third-order valence-corrected chi connectivity index (χ3v) is 15.6. The molecule has 73 heavy (non-hydrogen) atoms. The largest absolute Gasteiger partial charge is 0.457 e. The van der Waals surface area contributed by atoms with Crippen molar-refractivity contribution in [2.45, 2.75) is 107 Å². The van der Waals surface area contributed by atoms with Crippen LogP contribution in [-0.2, 0) is 27.5 Å². The minimum atomic E-state index is -0.800. The number of amides is 6. The first kappa shape index (κ1) is 52.3. The molecule has 0 aliphatic carbocycles. The zero-order chi connectivity index (χ0) is 51.3. The Morgan fingerprint density at radius 1 is 0.534 bits per heavy atom. The van der Waals surface area contributed by atoms with E-state index >= 15 is 0 Å². The number of nitrogens with zero attached hydrogens (tertiary/aromatic N) is 2. The molecule has 0 aromatic heterocycles. The molecule has 5 aliphatic heterocycles. The smallest absolute Gasteiger partial charge is 0.316 e. The number of nitrogens with one attached hydrogen (secondary N) is 5. The van der Waals surface area contributed by atoms with Crippen LogP contribution >= 0.6 is 58.0 Å². The zero-order valence-electron chi connectivity index (χ0n) is 39.7. The van der Waals surface area contributed by atoms with Gasteiger partial charge in [-0.2, -0.15) is 0 Å². The van der Waals surface area contributed by atoms with Crippen LogP contribution in [-0.4, -0.2) is 88.8 Å². The third kappa shape index (κ3) is 13.0. The Balaban J connectivity index is 0.000000182. The van der Waals surface area contributed by atoms with E-state index in [-0.39, 0.29) is 54.1 Å². The second kappa shape index (κ2) is 23.3. The fourth-order valence-electron chi connectivity index (χ4n) is 11.2. The highest BCUT2D eigenvalue weighted by Gasteiger charge is 2.42. The van der Waals surface area contributed by atoms with Gasteiger partial charge in [-0.25, -0.2) is 4.79 Å². The van der Waals surface area contributed by atoms with Crippen molar-refractivity contribution in [3.63, 3.8) is 0 Å². The number of halogens is 5. The van der Waals surface area contributed by atoms with Gasteiger partial charge in [0.15, 0.2) is 0 Å². The molecule has 6 amide bonds. The molecule has 4 saturated heterocycles. The molecule has 0 saturated carbocycles. The Bertz CT molecular complexity index is 2800. The van der Waals surface area contributed by atoms with Gasteiger partial charge in [-0.1, -0.05) is 82.3 Å². The van der Waals surface area contributed by atoms with E-state index in [1.165, 1.54) is 29.3 Å². The number of hydrogen-bond donors (Lipinski definition) is 6. The monoisotopic (exact) mass is 1090 g/mol. The van der Waals surface area contributed by atoms with E-state index in [2.05, 4.69) is 60.6 Å². The lowest BCUT2D eigenvalue weighted by Gasteiger charge is -2.39. The highest BCUT2D eigenvalue weighted by molar-refractivity contribution is 6.32. The maximum Gasteiger partial charge on any atom is 0.316 e. The van der Waals surface area contributed by atoms with Gasteiger partial charge in [-0.3, -0.25) is 29.0 Å². The van der Waals surface area contributed by atoms with Crippen molar-refractivity contribution in [3.8, 4) is 11.5 Å². The number of carbonyl (C=O) groups is 5. The van der Waals surface area contributed by atoms with Gasteiger partial charge in [0.2, 0.25) is 17.7 Å². The number of hydrogen-bond acceptors (Lipinski definition) is 8. The summed E-state index contributed by atoms with van der Waals surface area (Å²) < 4.78 is 5.98. The lowest BCUT2D eigenvalue weighted by Crippen LogP contribution is -2.51. The first-order valence-electron chi connectivity index (χ1n) is 24.4. The number of primary amides is 1. The van der Waals surface area contributed by atoms with Crippen LogP contribution in [0.2, 0.25) is 25.1 Å². The summed E-state index contributed by atoms with van der Waals surface area (Å²) in [6, 6.07) is 31.8. The molecule has 0 spiro atoms. The Labute approximate surface area is 448 Å². The molecule has 5 heterocycles. The van der Waals surface area contributed by atoms with E-state index in [1.807, 2.05) is 24.3 Å². The molecule has 5 aromatic rings. The minimum absolute atomic E-state index is 0.0710. The standard InChI is InChI=1S/C30H28Cl3N3O3.C24H27Cl2N5O3/c31-18-3-1-17(2-4-18)16-36-22-7-8-23(36)14-21(13-22)35-28(37)15-34-30(38)29-24-11-19(32)5-9-26(24)39-27-10-6-20(33)12-25(27)29;25-15-3-1-14(2-4-15)13-31-18-6-7-19(31)11-17(10-18)29-22(32)12-28-23(33)20-9-16(26)5-8-21(20)30-24(27)34/h1-6,9-12,21-23,29H,7-8,13-16H2,(H,34,38)(H,35,37);1-5,8-9,17-19H,6-7,10-13H2,(H,28,33)(H,29,32)(H3,27,30,34). The van der Waals surface area contributed by atoms with Gasteiger partial charge in [0.1, 0.15) is 11.5 Å². The number of benzene rings is 5. The SMILES string of the molecule is NC(=O)Nc1ccc(Cl)cc1C(=O)NCC(=O)NC1CC2CCC(C1)N2Cc1ccc(Cl)cc1.O=C(CNC(=O)C1c2cc(Cl)ccc2Oc2ccc(Cl)cc21)NC1CC2CCC(C1)N2Cc1ccc(Cl)cc1. The van der Waals surface area contributed by atoms with E-state index in [0.29, 0.717) is 61.9 Å². The average Bonchev–Trinajstić information content (AvgIpc) is 3.72. The molecule has 5 aliphatic rings. The van der Waals surface area contributed by atoms with E-state index in [4.69, 9.17) is 68.5 Å². The van der Waals surface area contributed by atoms with E-state index in [9.17, 15) is 24.0 Å². The van der Waals surface area contributed by atoms with Crippen molar-refractivity contribution >= 4 is 93.4 Å². The van der Waals surface area contributed by atoms with Crippen LogP contribution in [0.25, 0.3) is 0 Å². The molecule has 4 unspecified atom stereocenters. The molecule has 10 rings (SSSR count). The number of rotatable bonds is 13. The minimum Gasteiger partial charge on any atom is -0.457 e. The van der Waals surface area contributed by atoms with E-state index < -0.39 is 17.9 Å². The first-order valence-corrected chi connectivity index (χ1v) is 26.3. The van der Waals surface area contributed by atoms with Crippen molar-refractivity contribution in [2.24, 2.45) is 5.73 Å². The second-order valence-electron chi connectivity index (χ2n) is 19.3.